The number of carbonyl (C=O) groups is 1. The SMILES string of the molecule is CC(NC(=O)N1CCOCC1)c1ccc2c(c1)OCCCO2. The Labute approximate surface area is 130 Å². The summed E-state index contributed by atoms with van der Waals surface area (Å²) in [5.74, 6) is 1.52. The number of morpholine rings is 1. The van der Waals surface area contributed by atoms with Gasteiger partial charge in [-0.15, -0.1) is 0 Å². The van der Waals surface area contributed by atoms with Gasteiger partial charge in [-0.1, -0.05) is 6.07 Å². The van der Waals surface area contributed by atoms with Gasteiger partial charge in [-0.25, -0.2) is 4.79 Å². The second-order valence-electron chi connectivity index (χ2n) is 5.53. The van der Waals surface area contributed by atoms with Crippen molar-refractivity contribution in [3.8, 4) is 11.5 Å². The molecule has 0 bridgehead atoms. The molecule has 120 valence electrons. The Morgan fingerprint density at radius 3 is 2.64 bits per heavy atom. The summed E-state index contributed by atoms with van der Waals surface area (Å²) in [6, 6.07) is 5.69. The van der Waals surface area contributed by atoms with E-state index < -0.39 is 0 Å². The molecule has 1 fully saturated rings. The number of rotatable bonds is 2. The number of nitrogens with one attached hydrogen (secondary N) is 1. The summed E-state index contributed by atoms with van der Waals surface area (Å²) < 4.78 is 16.6. The molecule has 1 saturated heterocycles. The van der Waals surface area contributed by atoms with E-state index in [9.17, 15) is 4.79 Å². The van der Waals surface area contributed by atoms with Crippen molar-refractivity contribution in [1.29, 1.82) is 0 Å². The van der Waals surface area contributed by atoms with Crippen molar-refractivity contribution in [2.75, 3.05) is 39.5 Å². The van der Waals surface area contributed by atoms with Crippen LogP contribution in [0.15, 0.2) is 18.2 Å². The van der Waals surface area contributed by atoms with Gasteiger partial charge in [0.05, 0.1) is 32.5 Å². The van der Waals surface area contributed by atoms with E-state index in [1.165, 1.54) is 0 Å². The van der Waals surface area contributed by atoms with E-state index in [2.05, 4.69) is 5.32 Å². The molecule has 0 saturated carbocycles. The first-order valence-electron chi connectivity index (χ1n) is 7.77. The fourth-order valence-electron chi connectivity index (χ4n) is 2.58. The molecule has 1 aromatic carbocycles. The Morgan fingerprint density at radius 1 is 1.14 bits per heavy atom. The first kappa shape index (κ1) is 15.0. The van der Waals surface area contributed by atoms with E-state index in [4.69, 9.17) is 14.2 Å². The number of nitrogens with zero attached hydrogens (tertiary/aromatic N) is 1. The van der Waals surface area contributed by atoms with Gasteiger partial charge in [0.25, 0.3) is 0 Å². The fourth-order valence-corrected chi connectivity index (χ4v) is 2.58. The summed E-state index contributed by atoms with van der Waals surface area (Å²) in [6.45, 7) is 5.79. The van der Waals surface area contributed by atoms with Gasteiger partial charge in [-0.2, -0.15) is 0 Å². The predicted molar refractivity (Wildman–Crippen MR) is 81.4 cm³/mol. The smallest absolute Gasteiger partial charge is 0.318 e. The highest BCUT2D eigenvalue weighted by Crippen LogP contribution is 2.32. The molecular formula is C16H22N2O4. The predicted octanol–water partition coefficient (Wildman–Crippen LogP) is 1.95. The van der Waals surface area contributed by atoms with Crippen LogP contribution in [0.4, 0.5) is 4.79 Å². The molecule has 1 atom stereocenters. The molecule has 1 N–H and O–H groups in total. The fraction of sp³-hybridized carbons (Fsp3) is 0.562. The zero-order valence-electron chi connectivity index (χ0n) is 12.8. The van der Waals surface area contributed by atoms with E-state index in [1.54, 1.807) is 4.90 Å². The topological polar surface area (TPSA) is 60.0 Å². The maximum Gasteiger partial charge on any atom is 0.318 e. The Bertz CT molecular complexity index is 529. The van der Waals surface area contributed by atoms with Crippen molar-refractivity contribution in [1.82, 2.24) is 10.2 Å². The number of carbonyl (C=O) groups excluding carboxylic acids is 1. The Kier molecular flexibility index (Phi) is 4.68. The summed E-state index contributed by atoms with van der Waals surface area (Å²) >= 11 is 0. The molecule has 0 aliphatic carbocycles. The third kappa shape index (κ3) is 3.44. The second kappa shape index (κ2) is 6.87. The van der Waals surface area contributed by atoms with Crippen molar-refractivity contribution < 1.29 is 19.0 Å². The van der Waals surface area contributed by atoms with Crippen LogP contribution in [0, 0.1) is 0 Å². The minimum atomic E-state index is -0.0903. The van der Waals surface area contributed by atoms with E-state index in [0.29, 0.717) is 39.5 Å². The zero-order valence-corrected chi connectivity index (χ0v) is 12.8. The summed E-state index contributed by atoms with van der Waals surface area (Å²) in [7, 11) is 0. The van der Waals surface area contributed by atoms with Crippen molar-refractivity contribution in [2.45, 2.75) is 19.4 Å². The van der Waals surface area contributed by atoms with Crippen LogP contribution in [-0.2, 0) is 4.74 Å². The van der Waals surface area contributed by atoms with Gasteiger partial charge in [0, 0.05) is 19.5 Å². The lowest BCUT2D eigenvalue weighted by atomic mass is 10.1. The van der Waals surface area contributed by atoms with Crippen LogP contribution >= 0.6 is 0 Å². The normalized spacial score (nSPS) is 19.2. The molecule has 1 aromatic rings. The first-order chi connectivity index (χ1) is 10.7. The average molecular weight is 306 g/mol. The first-order valence-corrected chi connectivity index (χ1v) is 7.77. The molecule has 3 rings (SSSR count). The van der Waals surface area contributed by atoms with Crippen molar-refractivity contribution in [3.05, 3.63) is 23.8 Å². The van der Waals surface area contributed by atoms with Crippen molar-refractivity contribution >= 4 is 6.03 Å². The quantitative estimate of drug-likeness (QED) is 0.907. The largest absolute Gasteiger partial charge is 0.490 e. The van der Waals surface area contributed by atoms with E-state index in [0.717, 1.165) is 23.5 Å². The molecule has 2 aliphatic heterocycles. The Morgan fingerprint density at radius 2 is 1.86 bits per heavy atom. The monoisotopic (exact) mass is 306 g/mol. The molecule has 22 heavy (non-hydrogen) atoms. The van der Waals surface area contributed by atoms with Gasteiger partial charge in [0.1, 0.15) is 0 Å². The number of benzene rings is 1. The van der Waals surface area contributed by atoms with Crippen LogP contribution in [0.2, 0.25) is 0 Å². The highest BCUT2D eigenvalue weighted by Gasteiger charge is 2.20. The molecule has 0 aromatic heterocycles. The summed E-state index contributed by atoms with van der Waals surface area (Å²) in [5, 5.41) is 3.02. The molecule has 2 aliphatic rings. The van der Waals surface area contributed by atoms with Crippen LogP contribution < -0.4 is 14.8 Å². The third-order valence-corrected chi connectivity index (χ3v) is 3.91. The molecule has 6 nitrogen and oxygen atoms in total. The van der Waals surface area contributed by atoms with E-state index in [1.807, 2.05) is 25.1 Å². The average Bonchev–Trinajstić information content (AvgIpc) is 2.80. The molecule has 6 heteroatoms. The lowest BCUT2D eigenvalue weighted by Crippen LogP contribution is -2.46. The second-order valence-corrected chi connectivity index (χ2v) is 5.53. The number of amides is 2. The number of hydrogen-bond donors (Lipinski definition) is 1. The molecule has 2 amide bonds. The lowest BCUT2D eigenvalue weighted by molar-refractivity contribution is 0.0526. The Hall–Kier alpha value is -1.95. The number of ether oxygens (including phenoxy) is 3. The standard InChI is InChI=1S/C16H22N2O4/c1-12(17-16(19)18-5-9-20-10-6-18)13-3-4-14-15(11-13)22-8-2-7-21-14/h3-4,11-12H,2,5-10H2,1H3,(H,17,19). The minimum Gasteiger partial charge on any atom is -0.490 e. The number of hydrogen-bond acceptors (Lipinski definition) is 4. The van der Waals surface area contributed by atoms with Gasteiger partial charge in [0.2, 0.25) is 0 Å². The van der Waals surface area contributed by atoms with Gasteiger partial charge >= 0.3 is 6.03 Å². The van der Waals surface area contributed by atoms with E-state index in [-0.39, 0.29) is 12.1 Å². The van der Waals surface area contributed by atoms with Crippen LogP contribution in [0.1, 0.15) is 24.9 Å². The highest BCUT2D eigenvalue weighted by atomic mass is 16.5. The summed E-state index contributed by atoms with van der Waals surface area (Å²) in [6.07, 6.45) is 0.882. The van der Waals surface area contributed by atoms with Crippen LogP contribution in [0.25, 0.3) is 0 Å². The highest BCUT2D eigenvalue weighted by molar-refractivity contribution is 5.74. The van der Waals surface area contributed by atoms with Crippen LogP contribution in [0.5, 0.6) is 11.5 Å². The number of urea groups is 1. The van der Waals surface area contributed by atoms with Gasteiger partial charge < -0.3 is 24.4 Å². The molecule has 0 radical (unpaired) electrons. The number of fused-ring (bicyclic) bond motifs is 1. The molecule has 0 spiro atoms. The van der Waals surface area contributed by atoms with Crippen LogP contribution in [-0.4, -0.2) is 50.4 Å². The van der Waals surface area contributed by atoms with E-state index >= 15 is 0 Å². The molecule has 2 heterocycles. The molecular weight excluding hydrogens is 284 g/mol. The van der Waals surface area contributed by atoms with Crippen LogP contribution in [0.3, 0.4) is 0 Å². The van der Waals surface area contributed by atoms with Crippen molar-refractivity contribution in [2.24, 2.45) is 0 Å². The Balaban J connectivity index is 1.65. The zero-order chi connectivity index (χ0) is 15.4. The summed E-state index contributed by atoms with van der Waals surface area (Å²) in [5.41, 5.74) is 1.01. The van der Waals surface area contributed by atoms with Gasteiger partial charge in [-0.3, -0.25) is 0 Å². The van der Waals surface area contributed by atoms with Gasteiger partial charge in [-0.05, 0) is 24.6 Å². The summed E-state index contributed by atoms with van der Waals surface area (Å²) in [4.78, 5) is 14.0. The van der Waals surface area contributed by atoms with Crippen molar-refractivity contribution in [3.63, 3.8) is 0 Å². The lowest BCUT2D eigenvalue weighted by Gasteiger charge is -2.28. The maximum absolute atomic E-state index is 12.2. The molecule has 1 unspecified atom stereocenters. The third-order valence-electron chi connectivity index (χ3n) is 3.91. The maximum atomic E-state index is 12.2. The van der Waals surface area contributed by atoms with Gasteiger partial charge in [0.15, 0.2) is 11.5 Å². The minimum absolute atomic E-state index is 0.0529.